The average molecular weight is 577 g/mol. The zero-order valence-corrected chi connectivity index (χ0v) is 20.3. The summed E-state index contributed by atoms with van der Waals surface area (Å²) in [6, 6.07) is 7.75. The average Bonchev–Trinajstić information content (AvgIpc) is 3.48. The molecular weight excluding hydrogens is 554 g/mol. The lowest BCUT2D eigenvalue weighted by Gasteiger charge is -2.46. The highest BCUT2D eigenvalue weighted by Crippen LogP contribution is 2.50. The van der Waals surface area contributed by atoms with E-state index in [9.17, 15) is 35.1 Å². The number of carbonyl (C=O) groups is 2. The molecule has 212 valence electrons. The molecule has 2 saturated heterocycles. The van der Waals surface area contributed by atoms with E-state index in [0.717, 1.165) is 12.4 Å². The minimum Gasteiger partial charge on any atom is -0.475 e. The van der Waals surface area contributed by atoms with Crippen molar-refractivity contribution in [1.82, 2.24) is 9.88 Å². The Morgan fingerprint density at radius 2 is 1.55 bits per heavy atom. The van der Waals surface area contributed by atoms with Crippen LogP contribution >= 0.6 is 11.3 Å². The quantitative estimate of drug-likeness (QED) is 0.488. The number of aliphatic carboxylic acids is 2. The molecule has 16 heteroatoms. The van der Waals surface area contributed by atoms with E-state index in [4.69, 9.17) is 19.8 Å². The standard InChI is InChI=1S/C18H21F2N3S.2C2HF3O2/c19-18(20)6-8-22(11-15-4-10-24-12-15)13-17(18)5-9-23(14-17)16-3-1-2-7-21-16;2*3-2(4,5)1(6)7/h1-4,7,10,12H,5-6,8-9,11,13-14H2;2*(H,6,7). The summed E-state index contributed by atoms with van der Waals surface area (Å²) in [5.74, 6) is -7.32. The number of rotatable bonds is 3. The molecule has 0 amide bonds. The fourth-order valence-electron chi connectivity index (χ4n) is 4.00. The number of carboxylic acids is 2. The number of alkyl halides is 8. The number of anilines is 1. The van der Waals surface area contributed by atoms with Crippen molar-refractivity contribution >= 4 is 29.1 Å². The van der Waals surface area contributed by atoms with Crippen LogP contribution in [0.25, 0.3) is 0 Å². The van der Waals surface area contributed by atoms with Crippen LogP contribution in [-0.2, 0) is 16.1 Å². The number of piperidine rings is 1. The van der Waals surface area contributed by atoms with Crippen molar-refractivity contribution in [3.63, 3.8) is 0 Å². The molecule has 38 heavy (non-hydrogen) atoms. The van der Waals surface area contributed by atoms with Gasteiger partial charge in [0.05, 0.1) is 5.41 Å². The maximum Gasteiger partial charge on any atom is 0.490 e. The van der Waals surface area contributed by atoms with Gasteiger partial charge in [-0.05, 0) is 40.9 Å². The third-order valence-corrected chi connectivity index (χ3v) is 6.57. The lowest BCUT2D eigenvalue weighted by Crippen LogP contribution is -2.56. The Labute approximate surface area is 215 Å². The first-order valence-electron chi connectivity index (χ1n) is 10.8. The van der Waals surface area contributed by atoms with E-state index in [1.807, 2.05) is 28.5 Å². The van der Waals surface area contributed by atoms with Crippen LogP contribution in [0.2, 0.25) is 0 Å². The van der Waals surface area contributed by atoms with E-state index in [1.165, 1.54) is 5.56 Å². The molecule has 2 aromatic heterocycles. The van der Waals surface area contributed by atoms with Crippen molar-refractivity contribution in [2.24, 2.45) is 5.41 Å². The van der Waals surface area contributed by atoms with Crippen LogP contribution in [0, 0.1) is 5.41 Å². The van der Waals surface area contributed by atoms with Gasteiger partial charge in [-0.2, -0.15) is 37.7 Å². The zero-order chi connectivity index (χ0) is 28.8. The summed E-state index contributed by atoms with van der Waals surface area (Å²) < 4.78 is 93.1. The van der Waals surface area contributed by atoms with Crippen molar-refractivity contribution in [1.29, 1.82) is 0 Å². The number of hydrogen-bond acceptors (Lipinski definition) is 6. The topological polar surface area (TPSA) is 94.0 Å². The summed E-state index contributed by atoms with van der Waals surface area (Å²) >= 11 is 1.66. The number of thiophene rings is 1. The molecule has 1 atom stereocenters. The van der Waals surface area contributed by atoms with Crippen LogP contribution in [0.15, 0.2) is 41.2 Å². The minimum atomic E-state index is -5.08. The molecule has 0 bridgehead atoms. The van der Waals surface area contributed by atoms with Gasteiger partial charge in [-0.25, -0.2) is 23.4 Å². The Hall–Kier alpha value is -3.01. The number of halogens is 8. The SMILES string of the molecule is FC1(F)CCN(Cc2ccsc2)CC12CCN(c1ccccn1)C2.O=C(O)C(F)(F)F.O=C(O)C(F)(F)F. The summed E-state index contributed by atoms with van der Waals surface area (Å²) in [5, 5.41) is 18.4. The number of likely N-dealkylation sites (tertiary alicyclic amines) is 1. The molecule has 0 saturated carbocycles. The van der Waals surface area contributed by atoms with Crippen LogP contribution in [0.3, 0.4) is 0 Å². The number of hydrogen-bond donors (Lipinski definition) is 2. The van der Waals surface area contributed by atoms with Gasteiger partial charge in [-0.3, -0.25) is 4.90 Å². The molecule has 2 aliphatic heterocycles. The lowest BCUT2D eigenvalue weighted by molar-refractivity contribution is -0.193. The summed E-state index contributed by atoms with van der Waals surface area (Å²) in [4.78, 5) is 26.3. The van der Waals surface area contributed by atoms with Crippen molar-refractivity contribution in [2.45, 2.75) is 37.7 Å². The second-order valence-corrected chi connectivity index (χ2v) is 9.32. The largest absolute Gasteiger partial charge is 0.490 e. The molecule has 1 spiro atoms. The van der Waals surface area contributed by atoms with Crippen molar-refractivity contribution in [2.75, 3.05) is 31.1 Å². The predicted octanol–water partition coefficient (Wildman–Crippen LogP) is 5.15. The fraction of sp³-hybridized carbons (Fsp3) is 0.500. The van der Waals surface area contributed by atoms with E-state index in [-0.39, 0.29) is 6.42 Å². The van der Waals surface area contributed by atoms with Crippen molar-refractivity contribution < 1.29 is 54.9 Å². The number of carboxylic acid groups (broad SMARTS) is 2. The van der Waals surface area contributed by atoms with Crippen LogP contribution in [0.4, 0.5) is 40.9 Å². The summed E-state index contributed by atoms with van der Waals surface area (Å²) in [5.41, 5.74) is 0.263. The maximum absolute atomic E-state index is 14.8. The molecule has 7 nitrogen and oxygen atoms in total. The highest BCUT2D eigenvalue weighted by molar-refractivity contribution is 7.07. The Balaban J connectivity index is 0.000000301. The van der Waals surface area contributed by atoms with Gasteiger partial charge in [0.1, 0.15) is 5.82 Å². The van der Waals surface area contributed by atoms with Crippen LogP contribution in [0.5, 0.6) is 0 Å². The highest BCUT2D eigenvalue weighted by Gasteiger charge is 2.59. The summed E-state index contributed by atoms with van der Waals surface area (Å²) in [7, 11) is 0. The van der Waals surface area contributed by atoms with E-state index in [2.05, 4.69) is 21.3 Å². The smallest absolute Gasteiger partial charge is 0.475 e. The summed E-state index contributed by atoms with van der Waals surface area (Å²) in [6.45, 7) is 2.73. The number of aromatic nitrogens is 1. The second-order valence-electron chi connectivity index (χ2n) is 8.54. The lowest BCUT2D eigenvalue weighted by atomic mass is 9.75. The minimum absolute atomic E-state index is 0.0484. The second kappa shape index (κ2) is 12.2. The van der Waals surface area contributed by atoms with Gasteiger partial charge in [0.2, 0.25) is 0 Å². The van der Waals surface area contributed by atoms with Gasteiger partial charge in [0.15, 0.2) is 0 Å². The molecule has 2 aromatic rings. The normalized spacial score (nSPS) is 21.2. The predicted molar refractivity (Wildman–Crippen MR) is 120 cm³/mol. The molecule has 0 radical (unpaired) electrons. The van der Waals surface area contributed by atoms with E-state index in [1.54, 1.807) is 17.5 Å². The molecule has 0 aromatic carbocycles. The first kappa shape index (κ1) is 31.2. The molecule has 2 N–H and O–H groups in total. The molecule has 4 rings (SSSR count). The number of pyridine rings is 1. The van der Waals surface area contributed by atoms with Gasteiger partial charge in [-0.15, -0.1) is 0 Å². The molecule has 1 unspecified atom stereocenters. The van der Waals surface area contributed by atoms with Crippen LogP contribution in [0.1, 0.15) is 18.4 Å². The van der Waals surface area contributed by atoms with Crippen LogP contribution < -0.4 is 4.90 Å². The van der Waals surface area contributed by atoms with E-state index >= 15 is 0 Å². The molecule has 4 heterocycles. The van der Waals surface area contributed by atoms with Gasteiger partial charge < -0.3 is 15.1 Å². The van der Waals surface area contributed by atoms with Gasteiger partial charge >= 0.3 is 24.3 Å². The third kappa shape index (κ3) is 8.51. The maximum atomic E-state index is 14.8. The molecule has 2 aliphatic rings. The first-order chi connectivity index (χ1) is 17.5. The van der Waals surface area contributed by atoms with Crippen molar-refractivity contribution in [3.05, 3.63) is 46.8 Å². The fourth-order valence-corrected chi connectivity index (χ4v) is 4.66. The van der Waals surface area contributed by atoms with Crippen molar-refractivity contribution in [3.8, 4) is 0 Å². The van der Waals surface area contributed by atoms with E-state index < -0.39 is 35.6 Å². The molecular formula is C22H23F8N3O4S. The van der Waals surface area contributed by atoms with Gasteiger partial charge in [0.25, 0.3) is 5.92 Å². The first-order valence-corrected chi connectivity index (χ1v) is 11.8. The van der Waals surface area contributed by atoms with E-state index in [0.29, 0.717) is 32.6 Å². The van der Waals surface area contributed by atoms with Crippen LogP contribution in [-0.4, -0.2) is 76.5 Å². The monoisotopic (exact) mass is 577 g/mol. The highest BCUT2D eigenvalue weighted by atomic mass is 32.1. The van der Waals surface area contributed by atoms with Gasteiger partial charge in [-0.1, -0.05) is 6.07 Å². The summed E-state index contributed by atoms with van der Waals surface area (Å²) in [6.07, 6.45) is -7.97. The Bertz CT molecular complexity index is 1030. The zero-order valence-electron chi connectivity index (χ0n) is 19.5. The Kier molecular flexibility index (Phi) is 10.0. The Morgan fingerprint density at radius 1 is 0.947 bits per heavy atom. The number of nitrogens with zero attached hydrogens (tertiary/aromatic N) is 3. The third-order valence-electron chi connectivity index (χ3n) is 5.84. The Morgan fingerprint density at radius 3 is 2.03 bits per heavy atom. The van der Waals surface area contributed by atoms with Gasteiger partial charge in [0, 0.05) is 45.3 Å². The molecule has 0 aliphatic carbocycles. The molecule has 2 fully saturated rings.